The van der Waals surface area contributed by atoms with Crippen LogP contribution < -0.4 is 0 Å². The van der Waals surface area contributed by atoms with Gasteiger partial charge >= 0.3 is 12.4 Å². The average Bonchev–Trinajstić information content (AvgIpc) is 2.26. The smallest absolute Gasteiger partial charge is 0.357 e. The molecule has 1 rings (SSSR count). The average molecular weight is 215 g/mol. The van der Waals surface area contributed by atoms with Gasteiger partial charge in [0, 0.05) is 0 Å². The van der Waals surface area contributed by atoms with Gasteiger partial charge in [0.25, 0.3) is 0 Å². The third-order valence-corrected chi connectivity index (χ3v) is 1.20. The minimum absolute atomic E-state index is 0.639. The SMILES string of the molecule is [B]n1c(C(F)(F)F)nnc1C(F)(F)F. The van der Waals surface area contributed by atoms with Crippen molar-refractivity contribution in [2.24, 2.45) is 0 Å². The molecule has 2 radical (unpaired) electrons. The third-order valence-electron chi connectivity index (χ3n) is 1.20. The Labute approximate surface area is 74.2 Å². The summed E-state index contributed by atoms with van der Waals surface area (Å²) in [4.78, 5) is 0. The van der Waals surface area contributed by atoms with Crippen molar-refractivity contribution >= 4 is 7.98 Å². The first-order valence-electron chi connectivity index (χ1n) is 2.99. The van der Waals surface area contributed by atoms with Crippen LogP contribution in [-0.2, 0) is 12.4 Å². The van der Waals surface area contributed by atoms with Crippen molar-refractivity contribution in [2.45, 2.75) is 12.4 Å². The zero-order valence-electron chi connectivity index (χ0n) is 6.19. The van der Waals surface area contributed by atoms with Gasteiger partial charge in [0.15, 0.2) is 0 Å². The Balaban J connectivity index is 3.23. The maximum Gasteiger partial charge on any atom is 0.450 e. The Kier molecular flexibility index (Phi) is 2.24. The molecule has 10 heteroatoms. The van der Waals surface area contributed by atoms with E-state index in [-0.39, 0.29) is 0 Å². The Morgan fingerprint density at radius 2 is 1.14 bits per heavy atom. The lowest BCUT2D eigenvalue weighted by molar-refractivity contribution is -0.151. The number of nitrogens with zero attached hydrogens (tertiary/aromatic N) is 3. The van der Waals surface area contributed by atoms with Crippen LogP contribution in [0.1, 0.15) is 11.6 Å². The lowest BCUT2D eigenvalue weighted by atomic mass is 10.3. The highest BCUT2D eigenvalue weighted by Gasteiger charge is 2.43. The van der Waals surface area contributed by atoms with Crippen LogP contribution in [0.25, 0.3) is 0 Å². The molecular weight excluding hydrogens is 215 g/mol. The van der Waals surface area contributed by atoms with E-state index < -0.39 is 28.5 Å². The number of aromatic nitrogens is 3. The van der Waals surface area contributed by atoms with Crippen molar-refractivity contribution in [2.75, 3.05) is 0 Å². The summed E-state index contributed by atoms with van der Waals surface area (Å²) in [6.45, 7) is 0. The van der Waals surface area contributed by atoms with E-state index >= 15 is 0 Å². The second kappa shape index (κ2) is 2.89. The molecule has 0 N–H and O–H groups in total. The van der Waals surface area contributed by atoms with Crippen LogP contribution in [0, 0.1) is 0 Å². The molecule has 3 nitrogen and oxygen atoms in total. The van der Waals surface area contributed by atoms with Crippen molar-refractivity contribution in [3.05, 3.63) is 11.6 Å². The normalized spacial score (nSPS) is 13.3. The second-order valence-electron chi connectivity index (χ2n) is 2.21. The standard InChI is InChI=1S/C4BF6N3/c5-14-1(3(6,7)8)12-13-2(14)4(9,10)11. The highest BCUT2D eigenvalue weighted by Crippen LogP contribution is 2.32. The van der Waals surface area contributed by atoms with E-state index in [4.69, 9.17) is 0 Å². The highest BCUT2D eigenvalue weighted by atomic mass is 19.4. The van der Waals surface area contributed by atoms with E-state index in [0.29, 0.717) is 0 Å². The van der Waals surface area contributed by atoms with Crippen LogP contribution in [0.2, 0.25) is 0 Å². The van der Waals surface area contributed by atoms with Gasteiger partial charge in [-0.05, 0) is 0 Å². The maximum atomic E-state index is 11.9. The molecule has 0 fully saturated rings. The molecule has 1 aromatic rings. The van der Waals surface area contributed by atoms with Gasteiger partial charge in [0.05, 0.1) is 0 Å². The summed E-state index contributed by atoms with van der Waals surface area (Å²) in [7, 11) is 4.53. The van der Waals surface area contributed by atoms with Crippen LogP contribution in [0.4, 0.5) is 26.3 Å². The number of alkyl halides is 6. The molecule has 0 aliphatic carbocycles. The molecule has 1 heterocycles. The second-order valence-corrected chi connectivity index (χ2v) is 2.21. The lowest BCUT2D eigenvalue weighted by Crippen LogP contribution is -2.19. The van der Waals surface area contributed by atoms with Crippen LogP contribution in [0.5, 0.6) is 0 Å². The fraction of sp³-hybridized carbons (Fsp3) is 0.500. The molecule has 0 aromatic carbocycles. The van der Waals surface area contributed by atoms with E-state index in [1.807, 2.05) is 0 Å². The molecule has 0 saturated heterocycles. The summed E-state index contributed by atoms with van der Waals surface area (Å²) in [6, 6.07) is 0. The quantitative estimate of drug-likeness (QED) is 0.481. The Hall–Kier alpha value is -1.22. The van der Waals surface area contributed by atoms with Gasteiger partial charge in [-0.2, -0.15) is 26.3 Å². The molecule has 0 aliphatic rings. The topological polar surface area (TPSA) is 30.7 Å². The summed E-state index contributed by atoms with van der Waals surface area (Å²) in [5.41, 5.74) is 0. The van der Waals surface area contributed by atoms with Gasteiger partial charge in [-0.3, -0.25) is 0 Å². The van der Waals surface area contributed by atoms with Crippen molar-refractivity contribution in [1.82, 2.24) is 14.7 Å². The third kappa shape index (κ3) is 1.83. The van der Waals surface area contributed by atoms with Crippen molar-refractivity contribution in [3.63, 3.8) is 0 Å². The predicted octanol–water partition coefficient (Wildman–Crippen LogP) is 1.25. The Morgan fingerprint density at radius 1 is 0.857 bits per heavy atom. The first-order valence-corrected chi connectivity index (χ1v) is 2.99. The van der Waals surface area contributed by atoms with Gasteiger partial charge < -0.3 is 4.48 Å². The molecular formula is C4BF6N3. The summed E-state index contributed by atoms with van der Waals surface area (Å²) in [6.07, 6.45) is -10.1. The molecule has 0 spiro atoms. The minimum atomic E-state index is -5.06. The summed E-state index contributed by atoms with van der Waals surface area (Å²) in [5, 5.41) is 4.59. The summed E-state index contributed by atoms with van der Waals surface area (Å²) < 4.78 is 70.6. The maximum absolute atomic E-state index is 11.9. The minimum Gasteiger partial charge on any atom is -0.357 e. The number of hydrogen-bond donors (Lipinski definition) is 0. The van der Waals surface area contributed by atoms with Gasteiger partial charge in [0.2, 0.25) is 19.6 Å². The molecule has 0 aliphatic heterocycles. The highest BCUT2D eigenvalue weighted by molar-refractivity contribution is 6.07. The van der Waals surface area contributed by atoms with Gasteiger partial charge in [0.1, 0.15) is 0 Å². The summed E-state index contributed by atoms with van der Waals surface area (Å²) >= 11 is 0. The largest absolute Gasteiger partial charge is 0.450 e. The van der Waals surface area contributed by atoms with Crippen molar-refractivity contribution in [3.8, 4) is 0 Å². The van der Waals surface area contributed by atoms with E-state index in [9.17, 15) is 26.3 Å². The molecule has 0 saturated carbocycles. The molecule has 0 bridgehead atoms. The molecule has 0 unspecified atom stereocenters. The van der Waals surface area contributed by atoms with E-state index in [0.717, 1.165) is 0 Å². The summed E-state index contributed by atoms with van der Waals surface area (Å²) in [5.74, 6) is -3.80. The predicted molar refractivity (Wildman–Crippen MR) is 31.2 cm³/mol. The lowest BCUT2D eigenvalue weighted by Gasteiger charge is -2.08. The van der Waals surface area contributed by atoms with E-state index in [2.05, 4.69) is 18.2 Å². The van der Waals surface area contributed by atoms with Crippen molar-refractivity contribution in [1.29, 1.82) is 0 Å². The van der Waals surface area contributed by atoms with E-state index in [1.54, 1.807) is 0 Å². The van der Waals surface area contributed by atoms with E-state index in [1.165, 1.54) is 0 Å². The first-order chi connectivity index (χ1) is 6.14. The zero-order valence-corrected chi connectivity index (χ0v) is 6.19. The van der Waals surface area contributed by atoms with Crippen molar-refractivity contribution < 1.29 is 26.3 Å². The fourth-order valence-corrected chi connectivity index (χ4v) is 0.678. The molecule has 0 atom stereocenters. The van der Waals surface area contributed by atoms with Gasteiger partial charge in [-0.1, -0.05) is 0 Å². The number of rotatable bonds is 0. The van der Waals surface area contributed by atoms with Gasteiger partial charge in [-0.25, -0.2) is 0 Å². The van der Waals surface area contributed by atoms with Crippen LogP contribution in [0.15, 0.2) is 0 Å². The zero-order chi connectivity index (χ0) is 11.1. The molecule has 14 heavy (non-hydrogen) atoms. The monoisotopic (exact) mass is 215 g/mol. The fourth-order valence-electron chi connectivity index (χ4n) is 0.678. The van der Waals surface area contributed by atoms with Gasteiger partial charge in [-0.15, -0.1) is 10.2 Å². The van der Waals surface area contributed by atoms with Crippen LogP contribution in [0.3, 0.4) is 0 Å². The molecule has 76 valence electrons. The Bertz CT molecular complexity index is 306. The number of hydrogen-bond acceptors (Lipinski definition) is 2. The Morgan fingerprint density at radius 3 is 1.29 bits per heavy atom. The first kappa shape index (κ1) is 10.9. The molecule has 1 aromatic heterocycles. The number of halogens is 6. The molecule has 0 amide bonds. The van der Waals surface area contributed by atoms with Crippen LogP contribution >= 0.6 is 0 Å². The van der Waals surface area contributed by atoms with Crippen LogP contribution in [-0.4, -0.2) is 22.7 Å².